The van der Waals surface area contributed by atoms with Gasteiger partial charge in [-0.05, 0) is 30.7 Å². The minimum atomic E-state index is 0.0893. The van der Waals surface area contributed by atoms with Gasteiger partial charge < -0.3 is 15.0 Å². The number of hydrogen-bond donors (Lipinski definition) is 2. The molecule has 0 spiro atoms. The molecule has 1 saturated heterocycles. The molecule has 2 rings (SSSR count). The lowest BCUT2D eigenvalue weighted by atomic mass is 9.92. The molecule has 110 valence electrons. The van der Waals surface area contributed by atoms with E-state index in [9.17, 15) is 4.79 Å². The van der Waals surface area contributed by atoms with Crippen molar-refractivity contribution in [1.29, 1.82) is 0 Å². The molecule has 0 aromatic heterocycles. The van der Waals surface area contributed by atoms with Gasteiger partial charge in [0.25, 0.3) is 5.91 Å². The highest BCUT2D eigenvalue weighted by molar-refractivity contribution is 5.91. The van der Waals surface area contributed by atoms with Crippen LogP contribution in [0.3, 0.4) is 0 Å². The van der Waals surface area contributed by atoms with Crippen LogP contribution >= 0.6 is 0 Å². The Morgan fingerprint density at radius 1 is 1.25 bits per heavy atom. The summed E-state index contributed by atoms with van der Waals surface area (Å²) in [7, 11) is 1.63. The average Bonchev–Trinajstić information content (AvgIpc) is 2.38. The number of nitrogens with one attached hydrogen (secondary N) is 2. The molecule has 20 heavy (non-hydrogen) atoms. The smallest absolute Gasteiger partial charge is 0.279 e. The molecule has 2 N–H and O–H groups in total. The van der Waals surface area contributed by atoms with E-state index in [4.69, 9.17) is 4.74 Å². The Hall–Kier alpha value is -1.55. The van der Waals surface area contributed by atoms with Crippen LogP contribution in [-0.4, -0.2) is 32.7 Å². The number of hydrogen-bond acceptors (Lipinski definition) is 2. The maximum Gasteiger partial charge on any atom is 0.279 e. The summed E-state index contributed by atoms with van der Waals surface area (Å²) in [6, 6.07) is 7.45. The third-order valence-electron chi connectivity index (χ3n) is 3.86. The van der Waals surface area contributed by atoms with Crippen molar-refractivity contribution in [3.8, 4) is 5.75 Å². The second kappa shape index (κ2) is 6.75. The van der Waals surface area contributed by atoms with Crippen LogP contribution in [0.15, 0.2) is 24.3 Å². The summed E-state index contributed by atoms with van der Waals surface area (Å²) in [5, 5.41) is 2.95. The van der Waals surface area contributed by atoms with E-state index in [-0.39, 0.29) is 5.91 Å². The van der Waals surface area contributed by atoms with Crippen LogP contribution < -0.4 is 15.0 Å². The number of ether oxygens (including phenoxy) is 1. The van der Waals surface area contributed by atoms with Crippen LogP contribution in [0.25, 0.3) is 0 Å². The first kappa shape index (κ1) is 14.9. The molecular formula is C16H25N2O2+. The standard InChI is InChI=1S/C16H24N2O2/c1-12-8-13(2)10-18(9-12)11-16(19)17-14-4-6-15(20-3)7-5-14/h4-7,12-13H,8-11H2,1-3H3,(H,17,19)/p+1/t12-,13-/m1/s1. The quantitative estimate of drug-likeness (QED) is 0.868. The maximum absolute atomic E-state index is 12.1. The number of carbonyl (C=O) groups is 1. The number of likely N-dealkylation sites (tertiary alicyclic amines) is 1. The van der Waals surface area contributed by atoms with Gasteiger partial charge in [-0.1, -0.05) is 13.8 Å². The van der Waals surface area contributed by atoms with Crippen molar-refractivity contribution in [3.63, 3.8) is 0 Å². The Labute approximate surface area is 121 Å². The molecule has 0 unspecified atom stereocenters. The molecule has 1 aromatic carbocycles. The fourth-order valence-electron chi connectivity index (χ4n) is 3.17. The lowest BCUT2D eigenvalue weighted by Gasteiger charge is -2.31. The molecule has 0 bridgehead atoms. The molecular weight excluding hydrogens is 252 g/mol. The van der Waals surface area contributed by atoms with Crippen LogP contribution in [0.4, 0.5) is 5.69 Å². The zero-order chi connectivity index (χ0) is 14.5. The number of quaternary nitrogens is 1. The van der Waals surface area contributed by atoms with Crippen molar-refractivity contribution in [2.75, 3.05) is 32.1 Å². The second-order valence-corrected chi connectivity index (χ2v) is 6.06. The van der Waals surface area contributed by atoms with E-state index >= 15 is 0 Å². The zero-order valence-electron chi connectivity index (χ0n) is 12.6. The zero-order valence-corrected chi connectivity index (χ0v) is 12.6. The molecule has 2 atom stereocenters. The van der Waals surface area contributed by atoms with E-state index in [1.54, 1.807) is 7.11 Å². The van der Waals surface area contributed by atoms with E-state index < -0.39 is 0 Å². The summed E-state index contributed by atoms with van der Waals surface area (Å²) in [6.45, 7) is 7.30. The summed E-state index contributed by atoms with van der Waals surface area (Å²) >= 11 is 0. The number of amides is 1. The number of piperidine rings is 1. The second-order valence-electron chi connectivity index (χ2n) is 6.06. The normalized spacial score (nSPS) is 26.1. The number of anilines is 1. The molecule has 1 amide bonds. The topological polar surface area (TPSA) is 42.8 Å². The van der Waals surface area contributed by atoms with Crippen LogP contribution in [0, 0.1) is 11.8 Å². The molecule has 1 aliphatic rings. The highest BCUT2D eigenvalue weighted by Gasteiger charge is 2.26. The van der Waals surface area contributed by atoms with Crippen molar-refractivity contribution >= 4 is 11.6 Å². The Morgan fingerprint density at radius 3 is 2.40 bits per heavy atom. The Morgan fingerprint density at radius 2 is 1.85 bits per heavy atom. The van der Waals surface area contributed by atoms with Crippen molar-refractivity contribution in [3.05, 3.63) is 24.3 Å². The first-order valence-corrected chi connectivity index (χ1v) is 7.34. The summed E-state index contributed by atoms with van der Waals surface area (Å²) in [5.41, 5.74) is 0.827. The highest BCUT2D eigenvalue weighted by atomic mass is 16.5. The third-order valence-corrected chi connectivity index (χ3v) is 3.86. The fraction of sp³-hybridized carbons (Fsp3) is 0.562. The van der Waals surface area contributed by atoms with Crippen LogP contribution in [-0.2, 0) is 4.79 Å². The molecule has 0 saturated carbocycles. The SMILES string of the molecule is COc1ccc(NC(=O)C[NH+]2C[C@H](C)C[C@@H](C)C2)cc1. The number of carbonyl (C=O) groups excluding carboxylic acids is 1. The van der Waals surface area contributed by atoms with E-state index in [0.717, 1.165) is 24.5 Å². The van der Waals surface area contributed by atoms with E-state index in [1.807, 2.05) is 24.3 Å². The van der Waals surface area contributed by atoms with Gasteiger partial charge in [-0.15, -0.1) is 0 Å². The summed E-state index contributed by atoms with van der Waals surface area (Å²) in [6.07, 6.45) is 1.28. The Balaban J connectivity index is 1.85. The highest BCUT2D eigenvalue weighted by Crippen LogP contribution is 2.15. The van der Waals surface area contributed by atoms with Crippen molar-refractivity contribution in [2.45, 2.75) is 20.3 Å². The predicted molar refractivity (Wildman–Crippen MR) is 80.1 cm³/mol. The van der Waals surface area contributed by atoms with Crippen LogP contribution in [0.2, 0.25) is 0 Å². The Kier molecular flexibility index (Phi) is 5.01. The average molecular weight is 277 g/mol. The van der Waals surface area contributed by atoms with Gasteiger partial charge in [0.1, 0.15) is 5.75 Å². The maximum atomic E-state index is 12.1. The number of rotatable bonds is 4. The van der Waals surface area contributed by atoms with Gasteiger partial charge >= 0.3 is 0 Å². The van der Waals surface area contributed by atoms with Gasteiger partial charge in [0, 0.05) is 17.5 Å². The van der Waals surface area contributed by atoms with Crippen molar-refractivity contribution < 1.29 is 14.4 Å². The van der Waals surface area contributed by atoms with Gasteiger partial charge in [0.2, 0.25) is 0 Å². The molecule has 4 nitrogen and oxygen atoms in total. The van der Waals surface area contributed by atoms with Crippen LogP contribution in [0.5, 0.6) is 5.75 Å². The third kappa shape index (κ3) is 4.23. The Bertz CT molecular complexity index is 434. The summed E-state index contributed by atoms with van der Waals surface area (Å²) < 4.78 is 5.10. The first-order valence-electron chi connectivity index (χ1n) is 7.34. The first-order chi connectivity index (χ1) is 9.56. The molecule has 1 heterocycles. The largest absolute Gasteiger partial charge is 0.497 e. The molecule has 0 radical (unpaired) electrons. The van der Waals surface area contributed by atoms with E-state index in [2.05, 4.69) is 19.2 Å². The van der Waals surface area contributed by atoms with Gasteiger partial charge in [0.15, 0.2) is 6.54 Å². The number of benzene rings is 1. The number of methoxy groups -OCH3 is 1. The van der Waals surface area contributed by atoms with Gasteiger partial charge in [-0.2, -0.15) is 0 Å². The molecule has 0 aliphatic carbocycles. The monoisotopic (exact) mass is 277 g/mol. The van der Waals surface area contributed by atoms with E-state index in [0.29, 0.717) is 18.4 Å². The van der Waals surface area contributed by atoms with Gasteiger partial charge in [0.05, 0.1) is 20.2 Å². The molecule has 1 aliphatic heterocycles. The fourth-order valence-corrected chi connectivity index (χ4v) is 3.17. The van der Waals surface area contributed by atoms with Gasteiger partial charge in [-0.25, -0.2) is 0 Å². The summed E-state index contributed by atoms with van der Waals surface area (Å²) in [5.74, 6) is 2.31. The van der Waals surface area contributed by atoms with Crippen LogP contribution in [0.1, 0.15) is 20.3 Å². The summed E-state index contributed by atoms with van der Waals surface area (Å²) in [4.78, 5) is 13.5. The lowest BCUT2D eigenvalue weighted by molar-refractivity contribution is -0.904. The van der Waals surface area contributed by atoms with E-state index in [1.165, 1.54) is 11.3 Å². The molecule has 1 fully saturated rings. The van der Waals surface area contributed by atoms with Gasteiger partial charge in [-0.3, -0.25) is 4.79 Å². The molecule has 1 aromatic rings. The molecule has 4 heteroatoms. The predicted octanol–water partition coefficient (Wildman–Crippen LogP) is 1.19. The van der Waals surface area contributed by atoms with Crippen molar-refractivity contribution in [2.24, 2.45) is 11.8 Å². The lowest BCUT2D eigenvalue weighted by Crippen LogP contribution is -3.15. The minimum Gasteiger partial charge on any atom is -0.497 e. The van der Waals surface area contributed by atoms with Crippen molar-refractivity contribution in [1.82, 2.24) is 0 Å². The minimum absolute atomic E-state index is 0.0893.